The Morgan fingerprint density at radius 1 is 1.24 bits per heavy atom. The van der Waals surface area contributed by atoms with Gasteiger partial charge in [-0.05, 0) is 42.7 Å². The van der Waals surface area contributed by atoms with Gasteiger partial charge < -0.3 is 10.1 Å². The monoisotopic (exact) mass is 284 g/mol. The largest absolute Gasteiger partial charge is 0.372 e. The molecular weight excluding hydrogens is 264 g/mol. The predicted molar refractivity (Wildman–Crippen MR) is 81.9 cm³/mol. The Balaban J connectivity index is 2.27. The van der Waals surface area contributed by atoms with Crippen LogP contribution in [0.4, 0.5) is 0 Å². The number of benzene rings is 1. The van der Waals surface area contributed by atoms with Crippen molar-refractivity contribution >= 4 is 5.91 Å². The second-order valence-corrected chi connectivity index (χ2v) is 4.77. The van der Waals surface area contributed by atoms with E-state index in [-0.39, 0.29) is 18.6 Å². The summed E-state index contributed by atoms with van der Waals surface area (Å²) < 4.78 is 5.17. The van der Waals surface area contributed by atoms with Gasteiger partial charge in [0.1, 0.15) is 6.61 Å². The standard InChI is InChI=1S/C17H20N2O2/c1-3-21-12-16(20)19-17(14-8-10-18-11-9-14)15-7-5-4-6-13(15)2/h4-11,17H,3,12H2,1-2H3,(H,19,20). The van der Waals surface area contributed by atoms with E-state index in [1.807, 2.05) is 50.2 Å². The average Bonchev–Trinajstić information content (AvgIpc) is 2.52. The van der Waals surface area contributed by atoms with Crippen molar-refractivity contribution in [3.05, 3.63) is 65.5 Å². The second kappa shape index (κ2) is 7.55. The van der Waals surface area contributed by atoms with E-state index in [1.165, 1.54) is 0 Å². The zero-order chi connectivity index (χ0) is 15.1. The summed E-state index contributed by atoms with van der Waals surface area (Å²) in [6.07, 6.45) is 3.46. The highest BCUT2D eigenvalue weighted by molar-refractivity contribution is 5.78. The molecule has 2 rings (SSSR count). The number of ether oxygens (including phenoxy) is 1. The van der Waals surface area contributed by atoms with E-state index >= 15 is 0 Å². The van der Waals surface area contributed by atoms with Crippen molar-refractivity contribution in [1.29, 1.82) is 0 Å². The molecule has 0 bridgehead atoms. The second-order valence-electron chi connectivity index (χ2n) is 4.77. The maximum atomic E-state index is 12.0. The Morgan fingerprint density at radius 2 is 1.95 bits per heavy atom. The van der Waals surface area contributed by atoms with Crippen LogP contribution in [-0.2, 0) is 9.53 Å². The van der Waals surface area contributed by atoms with E-state index in [4.69, 9.17) is 4.74 Å². The topological polar surface area (TPSA) is 51.2 Å². The normalized spacial score (nSPS) is 11.9. The molecule has 110 valence electrons. The minimum Gasteiger partial charge on any atom is -0.372 e. The van der Waals surface area contributed by atoms with Crippen LogP contribution in [0.15, 0.2) is 48.8 Å². The number of aryl methyl sites for hydroxylation is 1. The fraction of sp³-hybridized carbons (Fsp3) is 0.294. The van der Waals surface area contributed by atoms with Crippen molar-refractivity contribution in [1.82, 2.24) is 10.3 Å². The molecule has 0 spiro atoms. The molecule has 1 aromatic carbocycles. The lowest BCUT2D eigenvalue weighted by Crippen LogP contribution is -2.32. The van der Waals surface area contributed by atoms with Gasteiger partial charge in [0, 0.05) is 19.0 Å². The van der Waals surface area contributed by atoms with E-state index in [0.29, 0.717) is 6.61 Å². The smallest absolute Gasteiger partial charge is 0.246 e. The lowest BCUT2D eigenvalue weighted by atomic mass is 9.95. The maximum absolute atomic E-state index is 12.0. The van der Waals surface area contributed by atoms with Gasteiger partial charge in [0.15, 0.2) is 0 Å². The number of nitrogens with one attached hydrogen (secondary N) is 1. The van der Waals surface area contributed by atoms with E-state index in [0.717, 1.165) is 16.7 Å². The number of hydrogen-bond donors (Lipinski definition) is 1. The first-order valence-electron chi connectivity index (χ1n) is 7.05. The molecule has 0 aliphatic carbocycles. The molecular formula is C17H20N2O2. The first-order chi connectivity index (χ1) is 10.2. The van der Waals surface area contributed by atoms with Gasteiger partial charge in [-0.1, -0.05) is 24.3 Å². The summed E-state index contributed by atoms with van der Waals surface area (Å²) in [5.74, 6) is -0.123. The number of amides is 1. The van der Waals surface area contributed by atoms with Crippen LogP contribution in [0, 0.1) is 6.92 Å². The Morgan fingerprint density at radius 3 is 2.62 bits per heavy atom. The van der Waals surface area contributed by atoms with Crippen molar-refractivity contribution in [2.24, 2.45) is 0 Å². The average molecular weight is 284 g/mol. The molecule has 1 atom stereocenters. The molecule has 1 heterocycles. The number of carbonyl (C=O) groups is 1. The fourth-order valence-corrected chi connectivity index (χ4v) is 2.20. The molecule has 0 fully saturated rings. The predicted octanol–water partition coefficient (Wildman–Crippen LogP) is 2.63. The van der Waals surface area contributed by atoms with Crippen molar-refractivity contribution in [3.63, 3.8) is 0 Å². The molecule has 0 aliphatic heterocycles. The number of rotatable bonds is 6. The molecule has 1 amide bonds. The van der Waals surface area contributed by atoms with Gasteiger partial charge in [0.25, 0.3) is 0 Å². The summed E-state index contributed by atoms with van der Waals surface area (Å²) in [4.78, 5) is 16.1. The molecule has 21 heavy (non-hydrogen) atoms. The van der Waals surface area contributed by atoms with Crippen LogP contribution in [0.1, 0.15) is 29.7 Å². The summed E-state index contributed by atoms with van der Waals surface area (Å²) in [6, 6.07) is 11.7. The molecule has 0 radical (unpaired) electrons. The maximum Gasteiger partial charge on any atom is 0.246 e. The highest BCUT2D eigenvalue weighted by atomic mass is 16.5. The van der Waals surface area contributed by atoms with Crippen LogP contribution in [0.5, 0.6) is 0 Å². The molecule has 1 N–H and O–H groups in total. The number of aromatic nitrogens is 1. The van der Waals surface area contributed by atoms with E-state index in [1.54, 1.807) is 12.4 Å². The third-order valence-corrected chi connectivity index (χ3v) is 3.28. The summed E-state index contributed by atoms with van der Waals surface area (Å²) in [5.41, 5.74) is 3.22. The molecule has 1 aromatic heterocycles. The molecule has 0 aliphatic rings. The zero-order valence-corrected chi connectivity index (χ0v) is 12.4. The lowest BCUT2D eigenvalue weighted by molar-refractivity contribution is -0.126. The van der Waals surface area contributed by atoms with Crippen molar-refractivity contribution in [3.8, 4) is 0 Å². The first-order valence-corrected chi connectivity index (χ1v) is 7.05. The van der Waals surface area contributed by atoms with Gasteiger partial charge in [-0.2, -0.15) is 0 Å². The van der Waals surface area contributed by atoms with E-state index in [2.05, 4.69) is 10.3 Å². The number of nitrogens with zero attached hydrogens (tertiary/aromatic N) is 1. The Hall–Kier alpha value is -2.20. The Kier molecular flexibility index (Phi) is 5.46. The third kappa shape index (κ3) is 4.13. The van der Waals surface area contributed by atoms with Crippen molar-refractivity contribution in [2.75, 3.05) is 13.2 Å². The summed E-state index contributed by atoms with van der Waals surface area (Å²) in [6.45, 7) is 4.51. The minimum atomic E-state index is -0.192. The number of hydrogen-bond acceptors (Lipinski definition) is 3. The van der Waals surface area contributed by atoms with Gasteiger partial charge in [-0.25, -0.2) is 0 Å². The van der Waals surface area contributed by atoms with Gasteiger partial charge in [-0.3, -0.25) is 9.78 Å². The molecule has 1 unspecified atom stereocenters. The minimum absolute atomic E-state index is 0.0734. The van der Waals surface area contributed by atoms with Gasteiger partial charge in [0.05, 0.1) is 6.04 Å². The van der Waals surface area contributed by atoms with Gasteiger partial charge >= 0.3 is 0 Å². The molecule has 0 saturated heterocycles. The fourth-order valence-electron chi connectivity index (χ4n) is 2.20. The van der Waals surface area contributed by atoms with E-state index in [9.17, 15) is 4.79 Å². The molecule has 0 saturated carbocycles. The van der Waals surface area contributed by atoms with Crippen LogP contribution in [0.25, 0.3) is 0 Å². The third-order valence-electron chi connectivity index (χ3n) is 3.28. The summed E-state index contributed by atoms with van der Waals surface area (Å²) in [7, 11) is 0. The van der Waals surface area contributed by atoms with Crippen LogP contribution in [0.2, 0.25) is 0 Å². The highest BCUT2D eigenvalue weighted by Crippen LogP contribution is 2.24. The summed E-state index contributed by atoms with van der Waals surface area (Å²) >= 11 is 0. The van der Waals surface area contributed by atoms with Gasteiger partial charge in [-0.15, -0.1) is 0 Å². The van der Waals surface area contributed by atoms with Crippen LogP contribution < -0.4 is 5.32 Å². The number of pyridine rings is 1. The highest BCUT2D eigenvalue weighted by Gasteiger charge is 2.18. The Labute approximate surface area is 125 Å². The quantitative estimate of drug-likeness (QED) is 0.887. The molecule has 2 aromatic rings. The van der Waals surface area contributed by atoms with Gasteiger partial charge in [0.2, 0.25) is 5.91 Å². The lowest BCUT2D eigenvalue weighted by Gasteiger charge is -2.21. The van der Waals surface area contributed by atoms with Crippen molar-refractivity contribution < 1.29 is 9.53 Å². The van der Waals surface area contributed by atoms with Crippen LogP contribution >= 0.6 is 0 Å². The number of carbonyl (C=O) groups excluding carboxylic acids is 1. The van der Waals surface area contributed by atoms with Crippen molar-refractivity contribution in [2.45, 2.75) is 19.9 Å². The molecule has 4 nitrogen and oxygen atoms in total. The Bertz CT molecular complexity index is 584. The van der Waals surface area contributed by atoms with Crippen LogP contribution in [-0.4, -0.2) is 24.1 Å². The molecule has 4 heteroatoms. The zero-order valence-electron chi connectivity index (χ0n) is 12.4. The summed E-state index contributed by atoms with van der Waals surface area (Å²) in [5, 5.41) is 3.03. The van der Waals surface area contributed by atoms with Crippen LogP contribution in [0.3, 0.4) is 0 Å². The van der Waals surface area contributed by atoms with E-state index < -0.39 is 0 Å². The first kappa shape index (κ1) is 15.2. The SMILES string of the molecule is CCOCC(=O)NC(c1ccncc1)c1ccccc1C.